The van der Waals surface area contributed by atoms with Crippen molar-refractivity contribution in [2.24, 2.45) is 0 Å². The van der Waals surface area contributed by atoms with Gasteiger partial charge in [-0.25, -0.2) is 17.6 Å². The fraction of sp³-hybridized carbons (Fsp3) is 0.278. The van der Waals surface area contributed by atoms with E-state index < -0.39 is 27.7 Å². The summed E-state index contributed by atoms with van der Waals surface area (Å²) in [7, 11) is -3.24. The number of urea groups is 1. The molecule has 0 unspecified atom stereocenters. The Kier molecular flexibility index (Phi) is 3.57. The molecule has 0 bridgehead atoms. The van der Waals surface area contributed by atoms with E-state index in [0.717, 1.165) is 5.56 Å². The van der Waals surface area contributed by atoms with Crippen molar-refractivity contribution in [3.05, 3.63) is 59.9 Å². The van der Waals surface area contributed by atoms with Gasteiger partial charge < -0.3 is 0 Å². The lowest BCUT2D eigenvalue weighted by Crippen LogP contribution is -2.38. The van der Waals surface area contributed by atoms with Crippen molar-refractivity contribution < 1.29 is 17.6 Å². The fourth-order valence-corrected chi connectivity index (χ4v) is 5.64. The molecule has 0 N–H and O–H groups in total. The van der Waals surface area contributed by atoms with E-state index in [-0.39, 0.29) is 17.5 Å². The molecule has 4 rings (SSSR count). The van der Waals surface area contributed by atoms with Crippen LogP contribution in [0.3, 0.4) is 0 Å². The second kappa shape index (κ2) is 5.56. The first kappa shape index (κ1) is 16.1. The number of sulfone groups is 1. The molecule has 0 saturated carbocycles. The number of benzene rings is 2. The quantitative estimate of drug-likeness (QED) is 0.774. The van der Waals surface area contributed by atoms with Gasteiger partial charge in [0.15, 0.2) is 9.84 Å². The third-order valence-corrected chi connectivity index (χ3v) is 6.55. The highest BCUT2D eigenvalue weighted by atomic mass is 32.2. The first-order valence-electron chi connectivity index (χ1n) is 8.01. The lowest BCUT2D eigenvalue weighted by atomic mass is 10.1. The van der Waals surface area contributed by atoms with Gasteiger partial charge in [-0.2, -0.15) is 0 Å². The Morgan fingerprint density at radius 2 is 1.56 bits per heavy atom. The zero-order valence-electron chi connectivity index (χ0n) is 13.6. The van der Waals surface area contributed by atoms with E-state index in [1.165, 1.54) is 29.2 Å². The summed E-state index contributed by atoms with van der Waals surface area (Å²) in [4.78, 5) is 16.2. The highest BCUT2D eigenvalue weighted by Gasteiger charge is 2.54. The molecule has 2 aromatic carbocycles. The molecule has 7 heteroatoms. The Morgan fingerprint density at radius 3 is 2.20 bits per heavy atom. The molecule has 2 aliphatic heterocycles. The zero-order valence-corrected chi connectivity index (χ0v) is 14.4. The number of anilines is 2. The van der Waals surface area contributed by atoms with Crippen molar-refractivity contribution in [1.29, 1.82) is 0 Å². The molecular formula is C18H17FN2O3S. The van der Waals surface area contributed by atoms with E-state index in [2.05, 4.69) is 0 Å². The van der Waals surface area contributed by atoms with Gasteiger partial charge in [0.25, 0.3) is 0 Å². The van der Waals surface area contributed by atoms with Gasteiger partial charge in [-0.3, -0.25) is 9.80 Å². The Balaban J connectivity index is 1.83. The van der Waals surface area contributed by atoms with E-state index in [4.69, 9.17) is 0 Å². The van der Waals surface area contributed by atoms with Gasteiger partial charge in [-0.05, 0) is 42.8 Å². The van der Waals surface area contributed by atoms with Crippen LogP contribution in [0.15, 0.2) is 48.5 Å². The predicted octanol–water partition coefficient (Wildman–Crippen LogP) is 2.75. The molecule has 2 atom stereocenters. The molecule has 0 spiro atoms. The van der Waals surface area contributed by atoms with Gasteiger partial charge in [0.1, 0.15) is 5.82 Å². The van der Waals surface area contributed by atoms with Crippen LogP contribution >= 0.6 is 0 Å². The Hall–Kier alpha value is -2.41. The van der Waals surface area contributed by atoms with Crippen molar-refractivity contribution in [3.8, 4) is 0 Å². The largest absolute Gasteiger partial charge is 0.329 e. The van der Waals surface area contributed by atoms with Crippen molar-refractivity contribution in [3.63, 3.8) is 0 Å². The van der Waals surface area contributed by atoms with Crippen LogP contribution in [0.1, 0.15) is 5.56 Å². The lowest BCUT2D eigenvalue weighted by molar-refractivity contribution is 0.255. The first-order valence-corrected chi connectivity index (χ1v) is 9.83. The predicted molar refractivity (Wildman–Crippen MR) is 94.2 cm³/mol. The van der Waals surface area contributed by atoms with Crippen LogP contribution in [-0.2, 0) is 9.84 Å². The van der Waals surface area contributed by atoms with Gasteiger partial charge in [-0.15, -0.1) is 0 Å². The number of nitrogens with zero attached hydrogens (tertiary/aromatic N) is 2. The van der Waals surface area contributed by atoms with Gasteiger partial charge in [0.2, 0.25) is 0 Å². The SMILES string of the molecule is Cc1ccccc1N1C(=O)N(c2ccc(F)cc2)[C@H]2CS(=O)(=O)C[C@@H]21. The summed E-state index contributed by atoms with van der Waals surface area (Å²) in [5, 5.41) is 0. The van der Waals surface area contributed by atoms with Crippen LogP contribution in [-0.4, -0.2) is 38.0 Å². The minimum atomic E-state index is -3.24. The number of amides is 2. The maximum atomic E-state index is 13.2. The third-order valence-electron chi connectivity index (χ3n) is 4.85. The summed E-state index contributed by atoms with van der Waals surface area (Å²) >= 11 is 0. The smallest absolute Gasteiger partial charge is 0.288 e. The molecule has 25 heavy (non-hydrogen) atoms. The summed E-state index contributed by atoms with van der Waals surface area (Å²) in [6, 6.07) is 11.8. The number of aryl methyl sites for hydroxylation is 1. The average molecular weight is 360 g/mol. The van der Waals surface area contributed by atoms with E-state index in [9.17, 15) is 17.6 Å². The highest BCUT2D eigenvalue weighted by Crippen LogP contribution is 2.38. The van der Waals surface area contributed by atoms with Gasteiger partial charge in [-0.1, -0.05) is 18.2 Å². The summed E-state index contributed by atoms with van der Waals surface area (Å²) in [6.07, 6.45) is 0. The molecule has 0 aromatic heterocycles. The number of halogens is 1. The molecule has 2 heterocycles. The number of hydrogen-bond acceptors (Lipinski definition) is 3. The van der Waals surface area contributed by atoms with Crippen molar-refractivity contribution >= 4 is 27.2 Å². The molecule has 2 aromatic rings. The Labute approximate surface area is 145 Å². The van der Waals surface area contributed by atoms with Crippen molar-refractivity contribution in [1.82, 2.24) is 0 Å². The molecule has 2 fully saturated rings. The minimum absolute atomic E-state index is 0.0601. The molecule has 0 aliphatic carbocycles. The Morgan fingerprint density at radius 1 is 0.960 bits per heavy atom. The molecule has 2 amide bonds. The molecular weight excluding hydrogens is 343 g/mol. The topological polar surface area (TPSA) is 57.7 Å². The average Bonchev–Trinajstić information content (AvgIpc) is 2.99. The number of fused-ring (bicyclic) bond motifs is 1. The maximum absolute atomic E-state index is 13.2. The summed E-state index contributed by atoms with van der Waals surface area (Å²) in [5.41, 5.74) is 2.12. The number of hydrogen-bond donors (Lipinski definition) is 0. The second-order valence-corrected chi connectivity index (χ2v) is 8.65. The molecule has 130 valence electrons. The molecule has 0 radical (unpaired) electrons. The number of carbonyl (C=O) groups is 1. The number of rotatable bonds is 2. The van der Waals surface area contributed by atoms with Crippen LogP contribution in [0.2, 0.25) is 0 Å². The molecule has 2 aliphatic rings. The number of carbonyl (C=O) groups excluding carboxylic acids is 1. The fourth-order valence-electron chi connectivity index (χ4n) is 3.72. The molecule has 2 saturated heterocycles. The first-order chi connectivity index (χ1) is 11.9. The summed E-state index contributed by atoms with van der Waals surface area (Å²) in [6.45, 7) is 1.89. The van der Waals surface area contributed by atoms with Crippen LogP contribution in [0.25, 0.3) is 0 Å². The number of para-hydroxylation sites is 1. The van der Waals surface area contributed by atoms with Crippen LogP contribution < -0.4 is 9.80 Å². The van der Waals surface area contributed by atoms with Gasteiger partial charge in [0, 0.05) is 11.4 Å². The normalized spacial score (nSPS) is 24.6. The maximum Gasteiger partial charge on any atom is 0.329 e. The van der Waals surface area contributed by atoms with Gasteiger partial charge >= 0.3 is 6.03 Å². The molecule has 5 nitrogen and oxygen atoms in total. The summed E-state index contributed by atoms with van der Waals surface area (Å²) < 4.78 is 37.7. The van der Waals surface area contributed by atoms with Crippen molar-refractivity contribution in [2.75, 3.05) is 21.3 Å². The van der Waals surface area contributed by atoms with E-state index in [0.29, 0.717) is 11.4 Å². The van der Waals surface area contributed by atoms with Crippen LogP contribution in [0.4, 0.5) is 20.6 Å². The highest BCUT2D eigenvalue weighted by molar-refractivity contribution is 7.91. The minimum Gasteiger partial charge on any atom is -0.288 e. The van der Waals surface area contributed by atoms with E-state index in [1.54, 1.807) is 4.90 Å². The summed E-state index contributed by atoms with van der Waals surface area (Å²) in [5.74, 6) is -0.541. The lowest BCUT2D eigenvalue weighted by Gasteiger charge is -2.24. The van der Waals surface area contributed by atoms with Gasteiger partial charge in [0.05, 0.1) is 23.6 Å². The van der Waals surface area contributed by atoms with Crippen molar-refractivity contribution in [2.45, 2.75) is 19.0 Å². The third kappa shape index (κ3) is 2.59. The monoisotopic (exact) mass is 360 g/mol. The second-order valence-electron chi connectivity index (χ2n) is 6.50. The van der Waals surface area contributed by atoms with Crippen LogP contribution in [0.5, 0.6) is 0 Å². The Bertz CT molecular complexity index is 943. The van der Waals surface area contributed by atoms with E-state index >= 15 is 0 Å². The standard InChI is InChI=1S/C18H17FN2O3S/c1-12-4-2-3-5-15(12)21-17-11-25(23,24)10-16(17)20(18(21)22)14-8-6-13(19)7-9-14/h2-9,16-17H,10-11H2,1H3/t16-,17-/m0/s1. The van der Waals surface area contributed by atoms with E-state index in [1.807, 2.05) is 31.2 Å². The van der Waals surface area contributed by atoms with Crippen LogP contribution in [0, 0.1) is 12.7 Å². The zero-order chi connectivity index (χ0) is 17.8.